The zero-order valence-corrected chi connectivity index (χ0v) is 15.2. The maximum atomic E-state index is 12.2. The van der Waals surface area contributed by atoms with Crippen LogP contribution in [0.2, 0.25) is 5.02 Å². The quantitative estimate of drug-likeness (QED) is 0.604. The Bertz CT molecular complexity index is 970. The molecule has 1 aromatic carbocycles. The van der Waals surface area contributed by atoms with E-state index in [0.717, 1.165) is 11.8 Å². The standard InChI is InChI=1S/C16H13ClN4O4S/c1-8-9(6-18)15(21-16(23)19-8)26-7-14(22)20-11-5-13-12(4-10(11)17)24-2-3-25-13/h4-5H,2-3,7H2,1H3,(H,20,22)(H,19,21,23). The zero-order valence-electron chi connectivity index (χ0n) is 13.6. The number of nitrogens with one attached hydrogen (secondary N) is 2. The SMILES string of the molecule is Cc1[nH]c(=O)nc(SCC(=O)Nc2cc3c(cc2Cl)OCCO3)c1C#N. The number of aryl methyl sites for hydroxylation is 1. The molecule has 10 heteroatoms. The van der Waals surface area contributed by atoms with E-state index in [-0.39, 0.29) is 22.2 Å². The summed E-state index contributed by atoms with van der Waals surface area (Å²) >= 11 is 7.15. The van der Waals surface area contributed by atoms with E-state index in [4.69, 9.17) is 21.1 Å². The molecule has 0 fully saturated rings. The lowest BCUT2D eigenvalue weighted by atomic mass is 10.2. The van der Waals surface area contributed by atoms with Gasteiger partial charge >= 0.3 is 5.69 Å². The van der Waals surface area contributed by atoms with Crippen molar-refractivity contribution < 1.29 is 14.3 Å². The second-order valence-electron chi connectivity index (χ2n) is 5.27. The molecular formula is C16H13ClN4O4S. The molecule has 3 rings (SSSR count). The number of aromatic amines is 1. The second kappa shape index (κ2) is 7.68. The Labute approximate surface area is 157 Å². The molecule has 0 saturated heterocycles. The molecule has 0 saturated carbocycles. The molecule has 134 valence electrons. The Morgan fingerprint density at radius 1 is 1.42 bits per heavy atom. The fourth-order valence-corrected chi connectivity index (χ4v) is 3.31. The number of hydrogen-bond donors (Lipinski definition) is 2. The summed E-state index contributed by atoms with van der Waals surface area (Å²) in [5.41, 5.74) is 0.460. The summed E-state index contributed by atoms with van der Waals surface area (Å²) in [6, 6.07) is 5.14. The monoisotopic (exact) mass is 392 g/mol. The van der Waals surface area contributed by atoms with Gasteiger partial charge in [-0.25, -0.2) is 4.79 Å². The number of nitriles is 1. The smallest absolute Gasteiger partial charge is 0.346 e. The summed E-state index contributed by atoms with van der Waals surface area (Å²) in [7, 11) is 0. The first kappa shape index (κ1) is 18.1. The number of hydrogen-bond acceptors (Lipinski definition) is 7. The number of nitrogens with zero attached hydrogens (tertiary/aromatic N) is 2. The van der Waals surface area contributed by atoms with Crippen LogP contribution in [0.5, 0.6) is 11.5 Å². The first-order chi connectivity index (χ1) is 12.5. The van der Waals surface area contributed by atoms with Gasteiger partial charge < -0.3 is 19.8 Å². The molecule has 1 aliphatic rings. The van der Waals surface area contributed by atoms with E-state index < -0.39 is 5.69 Å². The fraction of sp³-hybridized carbons (Fsp3) is 0.250. The number of fused-ring (bicyclic) bond motifs is 1. The summed E-state index contributed by atoms with van der Waals surface area (Å²) in [4.78, 5) is 29.9. The van der Waals surface area contributed by atoms with E-state index in [1.54, 1.807) is 19.1 Å². The lowest BCUT2D eigenvalue weighted by Crippen LogP contribution is -2.18. The van der Waals surface area contributed by atoms with Gasteiger partial charge in [0.15, 0.2) is 11.5 Å². The summed E-state index contributed by atoms with van der Waals surface area (Å²) in [5, 5.41) is 12.4. The Morgan fingerprint density at radius 2 is 2.12 bits per heavy atom. The molecule has 0 atom stereocenters. The van der Waals surface area contributed by atoms with Crippen LogP contribution in [0.15, 0.2) is 22.0 Å². The van der Waals surface area contributed by atoms with Crippen LogP contribution < -0.4 is 20.5 Å². The van der Waals surface area contributed by atoms with Crippen LogP contribution in [0.25, 0.3) is 0 Å². The molecule has 0 aliphatic carbocycles. The van der Waals surface area contributed by atoms with Crippen molar-refractivity contribution in [2.45, 2.75) is 11.9 Å². The highest BCUT2D eigenvalue weighted by Crippen LogP contribution is 2.38. The number of carbonyl (C=O) groups is 1. The van der Waals surface area contributed by atoms with Gasteiger partial charge in [-0.05, 0) is 6.92 Å². The van der Waals surface area contributed by atoms with Crippen LogP contribution in [-0.4, -0.2) is 34.8 Å². The molecule has 2 aromatic rings. The normalized spacial score (nSPS) is 12.3. The number of amides is 1. The topological polar surface area (TPSA) is 117 Å². The Hall–Kier alpha value is -2.70. The van der Waals surface area contributed by atoms with Gasteiger partial charge in [0.2, 0.25) is 5.91 Å². The molecule has 26 heavy (non-hydrogen) atoms. The van der Waals surface area contributed by atoms with E-state index in [1.807, 2.05) is 6.07 Å². The molecule has 0 radical (unpaired) electrons. The molecule has 0 bridgehead atoms. The third-order valence-corrected chi connectivity index (χ3v) is 4.73. The van der Waals surface area contributed by atoms with E-state index in [1.165, 1.54) is 0 Å². The van der Waals surface area contributed by atoms with E-state index in [9.17, 15) is 14.9 Å². The van der Waals surface area contributed by atoms with Gasteiger partial charge in [0.25, 0.3) is 0 Å². The van der Waals surface area contributed by atoms with Crippen molar-refractivity contribution in [2.24, 2.45) is 0 Å². The number of H-pyrrole nitrogens is 1. The van der Waals surface area contributed by atoms with Gasteiger partial charge in [0.1, 0.15) is 29.9 Å². The van der Waals surface area contributed by atoms with Gasteiger partial charge in [-0.3, -0.25) is 4.79 Å². The maximum Gasteiger partial charge on any atom is 0.346 e. The van der Waals surface area contributed by atoms with Gasteiger partial charge in [-0.15, -0.1) is 0 Å². The van der Waals surface area contributed by atoms with Gasteiger partial charge in [-0.2, -0.15) is 10.2 Å². The van der Waals surface area contributed by atoms with Crippen molar-refractivity contribution in [1.29, 1.82) is 5.26 Å². The molecule has 8 nitrogen and oxygen atoms in total. The van der Waals surface area contributed by atoms with E-state index in [2.05, 4.69) is 15.3 Å². The van der Waals surface area contributed by atoms with Crippen LogP contribution >= 0.6 is 23.4 Å². The predicted molar refractivity (Wildman–Crippen MR) is 96.1 cm³/mol. The average molecular weight is 393 g/mol. The molecular weight excluding hydrogens is 380 g/mol. The Morgan fingerprint density at radius 3 is 2.81 bits per heavy atom. The molecule has 0 unspecified atom stereocenters. The van der Waals surface area contributed by atoms with Crippen molar-refractivity contribution in [3.05, 3.63) is 38.9 Å². The predicted octanol–water partition coefficient (Wildman–Crippen LogP) is 2.11. The molecule has 1 aliphatic heterocycles. The van der Waals surface area contributed by atoms with Crippen LogP contribution in [0.1, 0.15) is 11.3 Å². The highest BCUT2D eigenvalue weighted by atomic mass is 35.5. The van der Waals surface area contributed by atoms with Crippen LogP contribution in [0.4, 0.5) is 5.69 Å². The van der Waals surface area contributed by atoms with Crippen LogP contribution in [0.3, 0.4) is 0 Å². The third kappa shape index (κ3) is 3.92. The highest BCUT2D eigenvalue weighted by Gasteiger charge is 2.17. The summed E-state index contributed by atoms with van der Waals surface area (Å²) in [6.45, 7) is 2.46. The largest absolute Gasteiger partial charge is 0.486 e. The lowest BCUT2D eigenvalue weighted by molar-refractivity contribution is -0.113. The number of halogens is 1. The van der Waals surface area contributed by atoms with Gasteiger partial charge in [-0.1, -0.05) is 23.4 Å². The number of rotatable bonds is 4. The van der Waals surface area contributed by atoms with Gasteiger partial charge in [0.05, 0.1) is 16.5 Å². The summed E-state index contributed by atoms with van der Waals surface area (Å²) in [6.07, 6.45) is 0. The minimum atomic E-state index is -0.570. The number of carbonyl (C=O) groups excluding carboxylic acids is 1. The first-order valence-corrected chi connectivity index (χ1v) is 8.87. The van der Waals surface area contributed by atoms with Crippen molar-refractivity contribution >= 4 is 35.0 Å². The van der Waals surface area contributed by atoms with Crippen molar-refractivity contribution in [3.8, 4) is 17.6 Å². The minimum Gasteiger partial charge on any atom is -0.486 e. The lowest BCUT2D eigenvalue weighted by Gasteiger charge is -2.20. The molecule has 2 heterocycles. The number of benzene rings is 1. The van der Waals surface area contributed by atoms with E-state index >= 15 is 0 Å². The van der Waals surface area contributed by atoms with Crippen molar-refractivity contribution in [3.63, 3.8) is 0 Å². The maximum absolute atomic E-state index is 12.2. The fourth-order valence-electron chi connectivity index (χ4n) is 2.28. The summed E-state index contributed by atoms with van der Waals surface area (Å²) in [5.74, 6) is 0.616. The number of aromatic nitrogens is 2. The van der Waals surface area contributed by atoms with Crippen LogP contribution in [-0.2, 0) is 4.79 Å². The highest BCUT2D eigenvalue weighted by molar-refractivity contribution is 8.00. The van der Waals surface area contributed by atoms with E-state index in [0.29, 0.717) is 41.1 Å². The molecule has 1 amide bonds. The van der Waals surface area contributed by atoms with Gasteiger partial charge in [0, 0.05) is 17.8 Å². The van der Waals surface area contributed by atoms with Crippen LogP contribution in [0, 0.1) is 18.3 Å². The molecule has 2 N–H and O–H groups in total. The average Bonchev–Trinajstić information content (AvgIpc) is 2.60. The zero-order chi connectivity index (χ0) is 18.7. The van der Waals surface area contributed by atoms with Crippen molar-refractivity contribution in [2.75, 3.05) is 24.3 Å². The van der Waals surface area contributed by atoms with Crippen molar-refractivity contribution in [1.82, 2.24) is 9.97 Å². The third-order valence-electron chi connectivity index (χ3n) is 3.44. The minimum absolute atomic E-state index is 0.0463. The Balaban J connectivity index is 1.71. The number of anilines is 1. The Kier molecular flexibility index (Phi) is 5.35. The number of ether oxygens (including phenoxy) is 2. The number of thioether (sulfide) groups is 1. The first-order valence-electron chi connectivity index (χ1n) is 7.50. The molecule has 0 spiro atoms. The molecule has 1 aromatic heterocycles. The second-order valence-corrected chi connectivity index (χ2v) is 6.64. The summed E-state index contributed by atoms with van der Waals surface area (Å²) < 4.78 is 10.9.